The minimum atomic E-state index is 0.206. The largest absolute Gasteiger partial charge is 0.376 e. The summed E-state index contributed by atoms with van der Waals surface area (Å²) in [6, 6.07) is 4.44. The number of nitrogens with one attached hydrogen (secondary N) is 1. The molecule has 1 N–H and O–H groups in total. The molecule has 3 heterocycles. The van der Waals surface area contributed by atoms with Gasteiger partial charge in [-0.05, 0) is 45.2 Å². The smallest absolute Gasteiger partial charge is 0.128 e. The molecule has 2 aromatic rings. The number of piperidine rings is 1. The third kappa shape index (κ3) is 3.53. The number of rotatable bonds is 4. The summed E-state index contributed by atoms with van der Waals surface area (Å²) in [5, 5.41) is 6.69. The Bertz CT molecular complexity index is 572. The minimum absolute atomic E-state index is 0.206. The Morgan fingerprint density at radius 2 is 2.05 bits per heavy atom. The maximum absolute atomic E-state index is 4.60. The Labute approximate surface area is 130 Å². The zero-order valence-electron chi connectivity index (χ0n) is 12.7. The number of thiazole rings is 1. The molecule has 0 bridgehead atoms. The molecule has 21 heavy (non-hydrogen) atoms. The Morgan fingerprint density at radius 3 is 2.67 bits per heavy atom. The Kier molecular flexibility index (Phi) is 4.39. The molecule has 112 valence electrons. The monoisotopic (exact) mass is 302 g/mol. The van der Waals surface area contributed by atoms with Gasteiger partial charge < -0.3 is 10.2 Å². The molecule has 1 aliphatic rings. The first-order valence-electron chi connectivity index (χ1n) is 7.62. The van der Waals surface area contributed by atoms with E-state index in [1.807, 2.05) is 13.1 Å². The van der Waals surface area contributed by atoms with Crippen LogP contribution in [0.1, 0.15) is 42.9 Å². The fourth-order valence-corrected chi connectivity index (χ4v) is 3.39. The summed E-state index contributed by atoms with van der Waals surface area (Å²) in [5.41, 5.74) is 2.14. The van der Waals surface area contributed by atoms with E-state index in [0.717, 1.165) is 35.3 Å². The van der Waals surface area contributed by atoms with Crippen molar-refractivity contribution in [2.45, 2.75) is 39.2 Å². The van der Waals surface area contributed by atoms with Crippen LogP contribution in [0.5, 0.6) is 0 Å². The van der Waals surface area contributed by atoms with Crippen LogP contribution in [-0.4, -0.2) is 23.1 Å². The third-order valence-corrected chi connectivity index (χ3v) is 4.68. The number of hydrogen-bond acceptors (Lipinski definition) is 5. The highest BCUT2D eigenvalue weighted by Gasteiger charge is 2.13. The van der Waals surface area contributed by atoms with Crippen LogP contribution in [0.15, 0.2) is 23.7 Å². The van der Waals surface area contributed by atoms with Crippen LogP contribution in [0.25, 0.3) is 0 Å². The molecule has 0 aromatic carbocycles. The summed E-state index contributed by atoms with van der Waals surface area (Å²) in [6.45, 7) is 6.44. The predicted octanol–water partition coefficient (Wildman–Crippen LogP) is 4.01. The van der Waals surface area contributed by atoms with Crippen LogP contribution >= 0.6 is 11.3 Å². The second-order valence-corrected chi connectivity index (χ2v) is 6.67. The van der Waals surface area contributed by atoms with E-state index in [2.05, 4.69) is 44.6 Å². The number of hydrogen-bond donors (Lipinski definition) is 1. The Balaban J connectivity index is 1.63. The first-order chi connectivity index (χ1) is 10.2. The minimum Gasteiger partial charge on any atom is -0.376 e. The summed E-state index contributed by atoms with van der Waals surface area (Å²) < 4.78 is 0. The third-order valence-electron chi connectivity index (χ3n) is 3.89. The van der Waals surface area contributed by atoms with Crippen molar-refractivity contribution < 1.29 is 0 Å². The zero-order chi connectivity index (χ0) is 14.7. The lowest BCUT2D eigenvalue weighted by Crippen LogP contribution is -2.30. The maximum Gasteiger partial charge on any atom is 0.128 e. The highest BCUT2D eigenvalue weighted by Crippen LogP contribution is 2.23. The second-order valence-electron chi connectivity index (χ2n) is 5.61. The number of anilines is 2. The van der Waals surface area contributed by atoms with Gasteiger partial charge in [0.1, 0.15) is 5.82 Å². The summed E-state index contributed by atoms with van der Waals surface area (Å²) >= 11 is 1.69. The van der Waals surface area contributed by atoms with Crippen LogP contribution in [-0.2, 0) is 0 Å². The van der Waals surface area contributed by atoms with Crippen LogP contribution < -0.4 is 10.2 Å². The van der Waals surface area contributed by atoms with Crippen molar-refractivity contribution in [3.8, 4) is 0 Å². The van der Waals surface area contributed by atoms with Gasteiger partial charge in [-0.15, -0.1) is 11.3 Å². The maximum atomic E-state index is 4.60. The van der Waals surface area contributed by atoms with Crippen LogP contribution in [0.4, 0.5) is 11.5 Å². The lowest BCUT2D eigenvalue weighted by Gasteiger charge is -2.27. The lowest BCUT2D eigenvalue weighted by molar-refractivity contribution is 0.573. The van der Waals surface area contributed by atoms with Crippen molar-refractivity contribution in [1.82, 2.24) is 9.97 Å². The SMILES string of the molecule is Cc1nc(C(C)Nc2ccc(N3CCCCC3)nc2)cs1. The molecule has 3 rings (SSSR count). The van der Waals surface area contributed by atoms with Crippen molar-refractivity contribution in [3.05, 3.63) is 34.4 Å². The molecule has 0 spiro atoms. The lowest BCUT2D eigenvalue weighted by atomic mass is 10.1. The fourth-order valence-electron chi connectivity index (χ4n) is 2.68. The fraction of sp³-hybridized carbons (Fsp3) is 0.500. The molecule has 0 amide bonds. The number of aryl methyl sites for hydroxylation is 1. The van der Waals surface area contributed by atoms with Crippen molar-refractivity contribution >= 4 is 22.8 Å². The van der Waals surface area contributed by atoms with Crippen LogP contribution in [0, 0.1) is 6.92 Å². The van der Waals surface area contributed by atoms with E-state index in [1.165, 1.54) is 19.3 Å². The van der Waals surface area contributed by atoms with Crippen molar-refractivity contribution in [3.63, 3.8) is 0 Å². The van der Waals surface area contributed by atoms with E-state index in [-0.39, 0.29) is 6.04 Å². The Hall–Kier alpha value is -1.62. The number of nitrogens with zero attached hydrogens (tertiary/aromatic N) is 3. The topological polar surface area (TPSA) is 41.1 Å². The van der Waals surface area contributed by atoms with E-state index < -0.39 is 0 Å². The second kappa shape index (κ2) is 6.43. The average Bonchev–Trinajstić information content (AvgIpc) is 2.96. The molecule has 1 unspecified atom stereocenters. The van der Waals surface area contributed by atoms with Gasteiger partial charge in [-0.25, -0.2) is 9.97 Å². The molecule has 1 atom stereocenters. The molecule has 0 radical (unpaired) electrons. The van der Waals surface area contributed by atoms with Crippen molar-refractivity contribution in [2.75, 3.05) is 23.3 Å². The van der Waals surface area contributed by atoms with Gasteiger partial charge in [-0.3, -0.25) is 0 Å². The summed E-state index contributed by atoms with van der Waals surface area (Å²) in [7, 11) is 0. The zero-order valence-corrected chi connectivity index (χ0v) is 13.5. The van der Waals surface area contributed by atoms with Gasteiger partial charge >= 0.3 is 0 Å². The van der Waals surface area contributed by atoms with Gasteiger partial charge in [0, 0.05) is 18.5 Å². The van der Waals surface area contributed by atoms with Gasteiger partial charge in [0.2, 0.25) is 0 Å². The molecule has 1 aliphatic heterocycles. The van der Waals surface area contributed by atoms with E-state index in [4.69, 9.17) is 0 Å². The molecular weight excluding hydrogens is 280 g/mol. The van der Waals surface area contributed by atoms with E-state index in [1.54, 1.807) is 11.3 Å². The predicted molar refractivity (Wildman–Crippen MR) is 89.2 cm³/mol. The number of aromatic nitrogens is 2. The van der Waals surface area contributed by atoms with E-state index in [0.29, 0.717) is 0 Å². The van der Waals surface area contributed by atoms with Gasteiger partial charge in [-0.2, -0.15) is 0 Å². The normalized spacial score (nSPS) is 16.8. The molecule has 0 saturated carbocycles. The van der Waals surface area contributed by atoms with Crippen molar-refractivity contribution in [1.29, 1.82) is 0 Å². The molecule has 0 aliphatic carbocycles. The van der Waals surface area contributed by atoms with Gasteiger partial charge in [0.15, 0.2) is 0 Å². The van der Waals surface area contributed by atoms with E-state index >= 15 is 0 Å². The molecular formula is C16H22N4S. The molecule has 5 heteroatoms. The molecule has 1 saturated heterocycles. The number of pyridine rings is 1. The van der Waals surface area contributed by atoms with Gasteiger partial charge in [-0.1, -0.05) is 0 Å². The van der Waals surface area contributed by atoms with Crippen LogP contribution in [0.2, 0.25) is 0 Å². The quantitative estimate of drug-likeness (QED) is 0.926. The van der Waals surface area contributed by atoms with E-state index in [9.17, 15) is 0 Å². The highest BCUT2D eigenvalue weighted by molar-refractivity contribution is 7.09. The molecule has 1 fully saturated rings. The first kappa shape index (κ1) is 14.3. The summed E-state index contributed by atoms with van der Waals surface area (Å²) in [5.74, 6) is 1.09. The van der Waals surface area contributed by atoms with Crippen molar-refractivity contribution in [2.24, 2.45) is 0 Å². The first-order valence-corrected chi connectivity index (χ1v) is 8.50. The highest BCUT2D eigenvalue weighted by atomic mass is 32.1. The molecule has 4 nitrogen and oxygen atoms in total. The van der Waals surface area contributed by atoms with Crippen LogP contribution in [0.3, 0.4) is 0 Å². The van der Waals surface area contributed by atoms with Gasteiger partial charge in [0.05, 0.1) is 28.6 Å². The summed E-state index contributed by atoms with van der Waals surface area (Å²) in [4.78, 5) is 11.5. The van der Waals surface area contributed by atoms with Gasteiger partial charge in [0.25, 0.3) is 0 Å². The Morgan fingerprint density at radius 1 is 1.24 bits per heavy atom. The standard InChI is InChI=1S/C16H22N4S/c1-12(15-11-21-13(2)19-15)18-14-6-7-16(17-10-14)20-8-4-3-5-9-20/h6-7,10-12,18H,3-5,8-9H2,1-2H3. The average molecular weight is 302 g/mol. The molecule has 2 aromatic heterocycles. The summed E-state index contributed by atoms with van der Waals surface area (Å²) in [6.07, 6.45) is 5.84.